The van der Waals surface area contributed by atoms with E-state index in [2.05, 4.69) is 27.9 Å². The standard InChI is InChI=1S/C10H14BrNOS/c1-12-5-2-4-10(13,7-12)9-8(11)3-6-14-9/h3,6,13H,2,4-5,7H2,1H3. The molecule has 1 N–H and O–H groups in total. The van der Waals surface area contributed by atoms with Crippen molar-refractivity contribution in [1.29, 1.82) is 0 Å². The van der Waals surface area contributed by atoms with E-state index in [1.54, 1.807) is 11.3 Å². The molecule has 4 heteroatoms. The van der Waals surface area contributed by atoms with Gasteiger partial charge in [0.1, 0.15) is 5.60 Å². The van der Waals surface area contributed by atoms with Crippen LogP contribution in [-0.4, -0.2) is 30.1 Å². The van der Waals surface area contributed by atoms with Gasteiger partial charge in [0.25, 0.3) is 0 Å². The second-order valence-corrected chi connectivity index (χ2v) is 5.74. The van der Waals surface area contributed by atoms with Gasteiger partial charge in [0.15, 0.2) is 0 Å². The summed E-state index contributed by atoms with van der Waals surface area (Å²) in [6.45, 7) is 1.83. The number of likely N-dealkylation sites (tertiary alicyclic amines) is 1. The first-order valence-electron chi connectivity index (χ1n) is 4.76. The molecule has 1 fully saturated rings. The zero-order valence-electron chi connectivity index (χ0n) is 8.16. The molecule has 78 valence electrons. The summed E-state index contributed by atoms with van der Waals surface area (Å²) in [6, 6.07) is 2.01. The summed E-state index contributed by atoms with van der Waals surface area (Å²) in [7, 11) is 2.06. The Balaban J connectivity index is 2.27. The molecule has 0 aliphatic carbocycles. The molecule has 0 saturated carbocycles. The van der Waals surface area contributed by atoms with Crippen molar-refractivity contribution < 1.29 is 5.11 Å². The van der Waals surface area contributed by atoms with Crippen molar-refractivity contribution in [3.8, 4) is 0 Å². The quantitative estimate of drug-likeness (QED) is 0.851. The average Bonchev–Trinajstić information content (AvgIpc) is 2.51. The van der Waals surface area contributed by atoms with Gasteiger partial charge in [-0.3, -0.25) is 0 Å². The number of aliphatic hydroxyl groups is 1. The van der Waals surface area contributed by atoms with Crippen molar-refractivity contribution in [2.45, 2.75) is 18.4 Å². The van der Waals surface area contributed by atoms with Crippen LogP contribution in [0.5, 0.6) is 0 Å². The lowest BCUT2D eigenvalue weighted by Crippen LogP contribution is -2.43. The van der Waals surface area contributed by atoms with Gasteiger partial charge < -0.3 is 10.0 Å². The molecule has 1 aliphatic heterocycles. The highest BCUT2D eigenvalue weighted by atomic mass is 79.9. The van der Waals surface area contributed by atoms with E-state index in [1.165, 1.54) is 0 Å². The first-order chi connectivity index (χ1) is 6.62. The lowest BCUT2D eigenvalue weighted by atomic mass is 9.92. The van der Waals surface area contributed by atoms with Crippen LogP contribution in [0.1, 0.15) is 17.7 Å². The zero-order valence-corrected chi connectivity index (χ0v) is 10.6. The van der Waals surface area contributed by atoms with E-state index >= 15 is 0 Å². The minimum absolute atomic E-state index is 0.639. The lowest BCUT2D eigenvalue weighted by Gasteiger charge is -2.37. The third-order valence-electron chi connectivity index (χ3n) is 2.70. The van der Waals surface area contributed by atoms with E-state index in [0.717, 1.165) is 35.3 Å². The fourth-order valence-corrected chi connectivity index (χ4v) is 3.92. The van der Waals surface area contributed by atoms with Gasteiger partial charge in [-0.2, -0.15) is 0 Å². The fraction of sp³-hybridized carbons (Fsp3) is 0.600. The third kappa shape index (κ3) is 1.89. The summed E-state index contributed by atoms with van der Waals surface area (Å²) >= 11 is 5.12. The molecule has 2 rings (SSSR count). The van der Waals surface area contributed by atoms with E-state index in [9.17, 15) is 5.11 Å². The van der Waals surface area contributed by atoms with Crippen LogP contribution in [0, 0.1) is 0 Å². The summed E-state index contributed by atoms with van der Waals surface area (Å²) in [5.41, 5.74) is -0.639. The van der Waals surface area contributed by atoms with Crippen molar-refractivity contribution in [1.82, 2.24) is 4.90 Å². The van der Waals surface area contributed by atoms with E-state index in [1.807, 2.05) is 11.4 Å². The number of hydrogen-bond acceptors (Lipinski definition) is 3. The molecular formula is C10H14BrNOS. The summed E-state index contributed by atoms with van der Waals surface area (Å²) in [5, 5.41) is 12.5. The second kappa shape index (κ2) is 3.93. The van der Waals surface area contributed by atoms with Gasteiger partial charge in [-0.25, -0.2) is 0 Å². The SMILES string of the molecule is CN1CCCC(O)(c2sccc2Br)C1. The highest BCUT2D eigenvalue weighted by Crippen LogP contribution is 2.38. The maximum absolute atomic E-state index is 10.5. The van der Waals surface area contributed by atoms with Crippen LogP contribution in [0.3, 0.4) is 0 Å². The molecule has 1 unspecified atom stereocenters. The molecule has 0 aromatic carbocycles. The number of piperidine rings is 1. The first kappa shape index (κ1) is 10.6. The number of hydrogen-bond donors (Lipinski definition) is 1. The largest absolute Gasteiger partial charge is 0.383 e. The first-order valence-corrected chi connectivity index (χ1v) is 6.43. The Bertz CT molecular complexity index is 328. The Kier molecular flexibility index (Phi) is 2.98. The molecule has 0 amide bonds. The molecule has 0 spiro atoms. The van der Waals surface area contributed by atoms with E-state index in [4.69, 9.17) is 0 Å². The van der Waals surface area contributed by atoms with Crippen molar-refractivity contribution in [2.75, 3.05) is 20.1 Å². The fourth-order valence-electron chi connectivity index (χ4n) is 2.06. The molecule has 1 aromatic heterocycles. The Hall–Kier alpha value is 0.100. The maximum Gasteiger partial charge on any atom is 0.112 e. The van der Waals surface area contributed by atoms with Gasteiger partial charge in [-0.05, 0) is 53.8 Å². The number of thiophene rings is 1. The Labute approximate surface area is 96.7 Å². The second-order valence-electron chi connectivity index (χ2n) is 3.97. The van der Waals surface area contributed by atoms with Gasteiger partial charge in [0, 0.05) is 11.0 Å². The predicted octanol–water partition coefficient (Wildman–Crippen LogP) is 2.42. The van der Waals surface area contributed by atoms with Gasteiger partial charge in [-0.15, -0.1) is 11.3 Å². The normalized spacial score (nSPS) is 29.4. The van der Waals surface area contributed by atoms with Crippen LogP contribution in [-0.2, 0) is 5.60 Å². The van der Waals surface area contributed by atoms with Crippen molar-refractivity contribution in [3.05, 3.63) is 20.8 Å². The number of β-amino-alcohol motifs (C(OH)–C–C–N with tert-alkyl or cyclic N) is 1. The van der Waals surface area contributed by atoms with Gasteiger partial charge >= 0.3 is 0 Å². The number of likely N-dealkylation sites (N-methyl/N-ethyl adjacent to an activating group) is 1. The minimum Gasteiger partial charge on any atom is -0.383 e. The zero-order chi connectivity index (χ0) is 10.2. The number of rotatable bonds is 1. The van der Waals surface area contributed by atoms with Crippen molar-refractivity contribution in [3.63, 3.8) is 0 Å². The van der Waals surface area contributed by atoms with Crippen LogP contribution in [0.2, 0.25) is 0 Å². The molecule has 1 aliphatic rings. The Morgan fingerprint density at radius 3 is 3.00 bits per heavy atom. The molecule has 1 aromatic rings. The highest BCUT2D eigenvalue weighted by molar-refractivity contribution is 9.10. The Morgan fingerprint density at radius 1 is 1.64 bits per heavy atom. The lowest BCUT2D eigenvalue weighted by molar-refractivity contribution is -0.0253. The van der Waals surface area contributed by atoms with Crippen LogP contribution >= 0.6 is 27.3 Å². The topological polar surface area (TPSA) is 23.5 Å². The molecule has 2 nitrogen and oxygen atoms in total. The summed E-state index contributed by atoms with van der Waals surface area (Å²) < 4.78 is 1.04. The number of nitrogens with zero attached hydrogens (tertiary/aromatic N) is 1. The van der Waals surface area contributed by atoms with E-state index in [0.29, 0.717) is 0 Å². The summed E-state index contributed by atoms with van der Waals surface area (Å²) in [5.74, 6) is 0. The average molecular weight is 276 g/mol. The molecular weight excluding hydrogens is 262 g/mol. The molecule has 0 radical (unpaired) electrons. The number of halogens is 1. The van der Waals surface area contributed by atoms with Crippen molar-refractivity contribution in [2.24, 2.45) is 0 Å². The van der Waals surface area contributed by atoms with Crippen LogP contribution in [0.15, 0.2) is 15.9 Å². The summed E-state index contributed by atoms with van der Waals surface area (Å²) in [4.78, 5) is 3.26. The van der Waals surface area contributed by atoms with Crippen LogP contribution in [0.4, 0.5) is 0 Å². The minimum atomic E-state index is -0.639. The monoisotopic (exact) mass is 275 g/mol. The highest BCUT2D eigenvalue weighted by Gasteiger charge is 2.35. The van der Waals surface area contributed by atoms with Gasteiger partial charge in [-0.1, -0.05) is 0 Å². The third-order valence-corrected chi connectivity index (χ3v) is 4.73. The molecule has 0 bridgehead atoms. The maximum atomic E-state index is 10.5. The van der Waals surface area contributed by atoms with Gasteiger partial charge in [0.05, 0.1) is 4.88 Å². The smallest absolute Gasteiger partial charge is 0.112 e. The molecule has 14 heavy (non-hydrogen) atoms. The van der Waals surface area contributed by atoms with E-state index in [-0.39, 0.29) is 0 Å². The van der Waals surface area contributed by atoms with Crippen molar-refractivity contribution >= 4 is 27.3 Å². The van der Waals surface area contributed by atoms with Crippen LogP contribution < -0.4 is 0 Å². The summed E-state index contributed by atoms with van der Waals surface area (Å²) in [6.07, 6.45) is 1.94. The molecule has 1 saturated heterocycles. The Morgan fingerprint density at radius 2 is 2.43 bits per heavy atom. The molecule has 2 heterocycles. The van der Waals surface area contributed by atoms with Crippen LogP contribution in [0.25, 0.3) is 0 Å². The molecule has 1 atom stereocenters. The van der Waals surface area contributed by atoms with Gasteiger partial charge in [0.2, 0.25) is 0 Å². The van der Waals surface area contributed by atoms with E-state index < -0.39 is 5.60 Å². The predicted molar refractivity (Wildman–Crippen MR) is 62.6 cm³/mol.